The number of imide groups is 1. The number of hydrogen-bond acceptors (Lipinski definition) is 3. The van der Waals surface area contributed by atoms with Gasteiger partial charge in [0.05, 0.1) is 0 Å². The van der Waals surface area contributed by atoms with Gasteiger partial charge in [0.2, 0.25) is 0 Å². The molecule has 0 saturated heterocycles. The first-order chi connectivity index (χ1) is 10.2. The van der Waals surface area contributed by atoms with Crippen LogP contribution < -0.4 is 5.73 Å². The summed E-state index contributed by atoms with van der Waals surface area (Å²) >= 11 is 0. The van der Waals surface area contributed by atoms with Gasteiger partial charge in [-0.3, -0.25) is 14.5 Å². The third-order valence-electron chi connectivity index (χ3n) is 3.94. The molecular formula is C17H18N2O2. The van der Waals surface area contributed by atoms with Crippen LogP contribution in [0.2, 0.25) is 0 Å². The number of unbranched alkanes of at least 4 members (excludes halogenated alkanes) is 2. The van der Waals surface area contributed by atoms with Crippen molar-refractivity contribution in [2.75, 3.05) is 13.1 Å². The summed E-state index contributed by atoms with van der Waals surface area (Å²) in [7, 11) is 0. The van der Waals surface area contributed by atoms with E-state index < -0.39 is 0 Å². The average Bonchev–Trinajstić information content (AvgIpc) is 2.51. The van der Waals surface area contributed by atoms with Crippen LogP contribution >= 0.6 is 0 Å². The maximum absolute atomic E-state index is 12.6. The number of nitrogens with zero attached hydrogens (tertiary/aromatic N) is 1. The van der Waals surface area contributed by atoms with Crippen LogP contribution in [-0.2, 0) is 0 Å². The molecule has 2 amide bonds. The van der Waals surface area contributed by atoms with Crippen LogP contribution in [-0.4, -0.2) is 29.8 Å². The SMILES string of the molecule is NCCCCCN1C(=O)c2cccc3cccc(c23)C1=O. The van der Waals surface area contributed by atoms with E-state index in [9.17, 15) is 9.59 Å². The molecule has 2 aromatic carbocycles. The third-order valence-corrected chi connectivity index (χ3v) is 3.94. The fourth-order valence-corrected chi connectivity index (χ4v) is 2.87. The second kappa shape index (κ2) is 5.66. The summed E-state index contributed by atoms with van der Waals surface area (Å²) < 4.78 is 0. The molecule has 0 radical (unpaired) electrons. The Morgan fingerprint density at radius 2 is 1.48 bits per heavy atom. The van der Waals surface area contributed by atoms with Crippen LogP contribution in [0.4, 0.5) is 0 Å². The molecule has 0 atom stereocenters. The van der Waals surface area contributed by atoms with Gasteiger partial charge in [0, 0.05) is 23.1 Å². The lowest BCUT2D eigenvalue weighted by Gasteiger charge is -2.27. The molecule has 0 saturated carbocycles. The molecule has 0 unspecified atom stereocenters. The predicted molar refractivity (Wildman–Crippen MR) is 82.2 cm³/mol. The molecule has 1 aliphatic heterocycles. The van der Waals surface area contributed by atoms with E-state index in [4.69, 9.17) is 5.73 Å². The maximum atomic E-state index is 12.6. The largest absolute Gasteiger partial charge is 0.330 e. The lowest BCUT2D eigenvalue weighted by atomic mass is 9.94. The molecular weight excluding hydrogens is 264 g/mol. The van der Waals surface area contributed by atoms with Crippen molar-refractivity contribution in [3.63, 3.8) is 0 Å². The van der Waals surface area contributed by atoms with E-state index in [0.717, 1.165) is 30.0 Å². The van der Waals surface area contributed by atoms with E-state index in [0.29, 0.717) is 24.2 Å². The standard InChI is InChI=1S/C17H18N2O2/c18-10-2-1-3-11-19-16(20)13-8-4-6-12-7-5-9-14(15(12)13)17(19)21/h4-9H,1-3,10-11,18H2. The molecule has 4 heteroatoms. The maximum Gasteiger partial charge on any atom is 0.261 e. The van der Waals surface area contributed by atoms with Crippen molar-refractivity contribution < 1.29 is 9.59 Å². The molecule has 0 aliphatic carbocycles. The number of benzene rings is 2. The minimum absolute atomic E-state index is 0.183. The Morgan fingerprint density at radius 1 is 0.857 bits per heavy atom. The van der Waals surface area contributed by atoms with Crippen LogP contribution in [0.1, 0.15) is 40.0 Å². The van der Waals surface area contributed by atoms with Crippen LogP contribution in [0, 0.1) is 0 Å². The van der Waals surface area contributed by atoms with Gasteiger partial charge in [0.25, 0.3) is 11.8 Å². The summed E-state index contributed by atoms with van der Waals surface area (Å²) in [6.45, 7) is 1.10. The van der Waals surface area contributed by atoms with E-state index in [1.54, 1.807) is 12.1 Å². The lowest BCUT2D eigenvalue weighted by Crippen LogP contribution is -2.40. The summed E-state index contributed by atoms with van der Waals surface area (Å²) in [5, 5.41) is 1.72. The van der Waals surface area contributed by atoms with Crippen LogP contribution in [0.25, 0.3) is 10.8 Å². The molecule has 21 heavy (non-hydrogen) atoms. The molecule has 4 nitrogen and oxygen atoms in total. The summed E-state index contributed by atoms with van der Waals surface area (Å²) in [5.74, 6) is -0.367. The van der Waals surface area contributed by atoms with Crippen molar-refractivity contribution in [2.45, 2.75) is 19.3 Å². The highest BCUT2D eigenvalue weighted by Gasteiger charge is 2.31. The molecule has 108 valence electrons. The molecule has 1 heterocycles. The second-order valence-corrected chi connectivity index (χ2v) is 5.32. The molecule has 0 spiro atoms. The van der Waals surface area contributed by atoms with Crippen LogP contribution in [0.3, 0.4) is 0 Å². The number of rotatable bonds is 5. The highest BCUT2D eigenvalue weighted by molar-refractivity contribution is 6.25. The minimum Gasteiger partial charge on any atom is -0.330 e. The van der Waals surface area contributed by atoms with Crippen molar-refractivity contribution >= 4 is 22.6 Å². The molecule has 2 N–H and O–H groups in total. The highest BCUT2D eigenvalue weighted by atomic mass is 16.2. The van der Waals surface area contributed by atoms with E-state index in [1.165, 1.54) is 4.90 Å². The van der Waals surface area contributed by atoms with E-state index in [-0.39, 0.29) is 11.8 Å². The van der Waals surface area contributed by atoms with Crippen molar-refractivity contribution in [3.05, 3.63) is 47.5 Å². The van der Waals surface area contributed by atoms with Gasteiger partial charge in [0.1, 0.15) is 0 Å². The third kappa shape index (κ3) is 2.32. The molecule has 2 aromatic rings. The van der Waals surface area contributed by atoms with E-state index in [2.05, 4.69) is 0 Å². The Balaban J connectivity index is 1.95. The van der Waals surface area contributed by atoms with Crippen LogP contribution in [0.5, 0.6) is 0 Å². The highest BCUT2D eigenvalue weighted by Crippen LogP contribution is 2.29. The number of nitrogens with two attached hydrogens (primary N) is 1. The predicted octanol–water partition coefficient (Wildman–Crippen LogP) is 2.56. The number of hydrogen-bond donors (Lipinski definition) is 1. The van der Waals surface area contributed by atoms with E-state index >= 15 is 0 Å². The first-order valence-corrected chi connectivity index (χ1v) is 7.32. The van der Waals surface area contributed by atoms with Gasteiger partial charge < -0.3 is 5.73 Å². The second-order valence-electron chi connectivity index (χ2n) is 5.32. The number of carbonyl (C=O) groups excluding carboxylic acids is 2. The summed E-state index contributed by atoms with van der Waals surface area (Å²) in [6.07, 6.45) is 2.65. The minimum atomic E-state index is -0.183. The zero-order valence-electron chi connectivity index (χ0n) is 11.8. The van der Waals surface area contributed by atoms with Gasteiger partial charge >= 0.3 is 0 Å². The number of carbonyl (C=O) groups is 2. The zero-order chi connectivity index (χ0) is 14.8. The van der Waals surface area contributed by atoms with Crippen molar-refractivity contribution in [3.8, 4) is 0 Å². The zero-order valence-corrected chi connectivity index (χ0v) is 11.8. The molecule has 1 aliphatic rings. The Labute approximate surface area is 123 Å². The Hall–Kier alpha value is -2.20. The summed E-state index contributed by atoms with van der Waals surface area (Å²) in [5.41, 5.74) is 6.72. The quantitative estimate of drug-likeness (QED) is 0.677. The first kappa shape index (κ1) is 13.8. The molecule has 3 rings (SSSR count). The fraction of sp³-hybridized carbons (Fsp3) is 0.294. The molecule has 0 fully saturated rings. The van der Waals surface area contributed by atoms with Crippen LogP contribution in [0.15, 0.2) is 36.4 Å². The van der Waals surface area contributed by atoms with Gasteiger partial charge in [-0.25, -0.2) is 0 Å². The fourth-order valence-electron chi connectivity index (χ4n) is 2.87. The van der Waals surface area contributed by atoms with Crippen molar-refractivity contribution in [1.82, 2.24) is 4.90 Å². The van der Waals surface area contributed by atoms with Gasteiger partial charge in [-0.2, -0.15) is 0 Å². The lowest BCUT2D eigenvalue weighted by molar-refractivity contribution is 0.0608. The topological polar surface area (TPSA) is 63.4 Å². The molecule has 0 aromatic heterocycles. The monoisotopic (exact) mass is 282 g/mol. The first-order valence-electron chi connectivity index (χ1n) is 7.32. The smallest absolute Gasteiger partial charge is 0.261 e. The van der Waals surface area contributed by atoms with Gasteiger partial charge in [-0.15, -0.1) is 0 Å². The van der Waals surface area contributed by atoms with Gasteiger partial charge in [0.15, 0.2) is 0 Å². The van der Waals surface area contributed by atoms with Crippen molar-refractivity contribution in [1.29, 1.82) is 0 Å². The van der Waals surface area contributed by atoms with E-state index in [1.807, 2.05) is 24.3 Å². The average molecular weight is 282 g/mol. The summed E-state index contributed by atoms with van der Waals surface area (Å²) in [4.78, 5) is 26.5. The van der Waals surface area contributed by atoms with Crippen molar-refractivity contribution in [2.24, 2.45) is 5.73 Å². The number of amides is 2. The summed E-state index contributed by atoms with van der Waals surface area (Å²) in [6, 6.07) is 11.2. The van der Waals surface area contributed by atoms with Gasteiger partial charge in [-0.1, -0.05) is 30.7 Å². The Bertz CT molecular complexity index is 658. The Kier molecular flexibility index (Phi) is 3.71. The van der Waals surface area contributed by atoms with Gasteiger partial charge in [-0.05, 0) is 36.9 Å². The molecule has 0 bridgehead atoms. The Morgan fingerprint density at radius 3 is 2.05 bits per heavy atom. The normalized spacial score (nSPS) is 14.0.